The van der Waals surface area contributed by atoms with Crippen molar-refractivity contribution in [1.82, 2.24) is 4.90 Å². The Hall–Kier alpha value is -2.60. The average Bonchev–Trinajstić information content (AvgIpc) is 2.91. The standard InChI is InChI=1S/C18H16NO6P/c1-25-26(23,24)18(22)15(11-12-7-3-2-4-8-12)19-16(20)13-9-5-6-10-14(13)17(19)21/h2-10,15H,11H2,1H3,(H,23,24). The van der Waals surface area contributed by atoms with Crippen molar-refractivity contribution in [1.29, 1.82) is 0 Å². The molecule has 0 aliphatic carbocycles. The van der Waals surface area contributed by atoms with Crippen LogP contribution in [0.25, 0.3) is 0 Å². The van der Waals surface area contributed by atoms with Crippen LogP contribution in [0.15, 0.2) is 54.6 Å². The first-order chi connectivity index (χ1) is 12.4. The fourth-order valence-corrected chi connectivity index (χ4v) is 3.66. The Morgan fingerprint density at radius 2 is 1.54 bits per heavy atom. The van der Waals surface area contributed by atoms with E-state index < -0.39 is 31.0 Å². The summed E-state index contributed by atoms with van der Waals surface area (Å²) in [5, 5.41) is 0. The molecule has 0 spiro atoms. The fourth-order valence-electron chi connectivity index (χ4n) is 2.90. The second kappa shape index (κ2) is 6.96. The highest BCUT2D eigenvalue weighted by molar-refractivity contribution is 7.71. The van der Waals surface area contributed by atoms with Gasteiger partial charge >= 0.3 is 7.60 Å². The molecular formula is C18H16NO6P. The molecule has 134 valence electrons. The SMILES string of the molecule is COP(=O)(O)C(=O)C(Cc1ccccc1)N1C(=O)c2ccccc2C1=O. The van der Waals surface area contributed by atoms with E-state index in [1.165, 1.54) is 12.1 Å². The van der Waals surface area contributed by atoms with Crippen LogP contribution in [-0.4, -0.2) is 40.3 Å². The van der Waals surface area contributed by atoms with Gasteiger partial charge in [0.1, 0.15) is 6.04 Å². The number of carbonyl (C=O) groups excluding carboxylic acids is 3. The zero-order valence-corrected chi connectivity index (χ0v) is 14.8. The normalized spacial score (nSPS) is 16.9. The van der Waals surface area contributed by atoms with Crippen LogP contribution in [-0.2, 0) is 20.3 Å². The van der Waals surface area contributed by atoms with Gasteiger partial charge in [0.05, 0.1) is 11.1 Å². The molecule has 7 nitrogen and oxygen atoms in total. The van der Waals surface area contributed by atoms with Crippen LogP contribution < -0.4 is 0 Å². The molecule has 2 aromatic carbocycles. The monoisotopic (exact) mass is 373 g/mol. The second-order valence-corrected chi connectivity index (χ2v) is 7.62. The van der Waals surface area contributed by atoms with Crippen LogP contribution in [0.2, 0.25) is 0 Å². The maximum atomic E-state index is 12.7. The Bertz CT molecular complexity index is 891. The van der Waals surface area contributed by atoms with E-state index >= 15 is 0 Å². The number of imide groups is 1. The molecule has 26 heavy (non-hydrogen) atoms. The first-order valence-corrected chi connectivity index (χ1v) is 9.38. The van der Waals surface area contributed by atoms with Gasteiger partial charge in [0.15, 0.2) is 0 Å². The van der Waals surface area contributed by atoms with Crippen LogP contribution in [0.5, 0.6) is 0 Å². The Balaban J connectivity index is 2.04. The lowest BCUT2D eigenvalue weighted by atomic mass is 10.1. The van der Waals surface area contributed by atoms with Gasteiger partial charge < -0.3 is 9.42 Å². The third-order valence-corrected chi connectivity index (χ3v) is 5.57. The predicted octanol–water partition coefficient (Wildman–Crippen LogP) is 2.25. The van der Waals surface area contributed by atoms with Crippen molar-refractivity contribution < 1.29 is 28.4 Å². The highest BCUT2D eigenvalue weighted by Gasteiger charge is 2.47. The van der Waals surface area contributed by atoms with E-state index in [1.54, 1.807) is 42.5 Å². The summed E-state index contributed by atoms with van der Waals surface area (Å²) in [4.78, 5) is 48.6. The van der Waals surface area contributed by atoms with Gasteiger partial charge in [-0.3, -0.25) is 23.8 Å². The largest absolute Gasteiger partial charge is 0.396 e. The van der Waals surface area contributed by atoms with Crippen molar-refractivity contribution in [3.05, 3.63) is 71.3 Å². The molecule has 8 heteroatoms. The smallest absolute Gasteiger partial charge is 0.319 e. The zero-order chi connectivity index (χ0) is 18.9. The van der Waals surface area contributed by atoms with Gasteiger partial charge in [0.2, 0.25) is 0 Å². The minimum atomic E-state index is -4.64. The topological polar surface area (TPSA) is 101 Å². The Morgan fingerprint density at radius 1 is 1.04 bits per heavy atom. The molecule has 0 aromatic heterocycles. The molecule has 1 N–H and O–H groups in total. The highest BCUT2D eigenvalue weighted by Crippen LogP contribution is 2.45. The van der Waals surface area contributed by atoms with E-state index in [2.05, 4.69) is 4.52 Å². The molecule has 3 rings (SSSR count). The van der Waals surface area contributed by atoms with E-state index in [0.29, 0.717) is 5.56 Å². The van der Waals surface area contributed by atoms with Crippen molar-refractivity contribution in [2.45, 2.75) is 12.5 Å². The molecule has 2 amide bonds. The number of amides is 2. The van der Waals surface area contributed by atoms with Gasteiger partial charge in [0.25, 0.3) is 17.3 Å². The molecule has 2 aromatic rings. The summed E-state index contributed by atoms with van der Waals surface area (Å²) in [5.41, 5.74) is -0.237. The van der Waals surface area contributed by atoms with Crippen LogP contribution in [0.3, 0.4) is 0 Å². The van der Waals surface area contributed by atoms with Crippen LogP contribution >= 0.6 is 7.60 Å². The molecule has 0 saturated heterocycles. The zero-order valence-electron chi connectivity index (χ0n) is 13.9. The molecule has 0 bridgehead atoms. The van der Waals surface area contributed by atoms with Crippen molar-refractivity contribution in [3.63, 3.8) is 0 Å². The van der Waals surface area contributed by atoms with E-state index in [9.17, 15) is 23.8 Å². The van der Waals surface area contributed by atoms with Gasteiger partial charge in [0, 0.05) is 13.5 Å². The van der Waals surface area contributed by atoms with Crippen molar-refractivity contribution >= 4 is 24.9 Å². The Morgan fingerprint density at radius 3 is 2.04 bits per heavy atom. The Kier molecular flexibility index (Phi) is 4.87. The Labute approximate surface area is 149 Å². The molecule has 0 radical (unpaired) electrons. The summed E-state index contributed by atoms with van der Waals surface area (Å²) in [6, 6.07) is 13.4. The molecule has 2 unspecified atom stereocenters. The third kappa shape index (κ3) is 3.12. The number of hydrogen-bond acceptors (Lipinski definition) is 5. The van der Waals surface area contributed by atoms with Crippen molar-refractivity contribution in [2.75, 3.05) is 7.11 Å². The maximum Gasteiger partial charge on any atom is 0.396 e. The molecule has 0 saturated carbocycles. The summed E-state index contributed by atoms with van der Waals surface area (Å²) < 4.78 is 16.5. The summed E-state index contributed by atoms with van der Waals surface area (Å²) in [7, 11) is -3.71. The average molecular weight is 373 g/mol. The summed E-state index contributed by atoms with van der Waals surface area (Å²) in [6.45, 7) is 0. The molecule has 2 atom stereocenters. The van der Waals surface area contributed by atoms with E-state index in [-0.39, 0.29) is 17.5 Å². The van der Waals surface area contributed by atoms with Gasteiger partial charge in [-0.1, -0.05) is 42.5 Å². The highest BCUT2D eigenvalue weighted by atomic mass is 31.2. The number of rotatable bonds is 6. The number of hydrogen-bond donors (Lipinski definition) is 1. The minimum absolute atomic E-state index is 0.0843. The predicted molar refractivity (Wildman–Crippen MR) is 92.7 cm³/mol. The second-order valence-electron chi connectivity index (χ2n) is 5.77. The maximum absolute atomic E-state index is 12.7. The number of nitrogens with zero attached hydrogens (tertiary/aromatic N) is 1. The summed E-state index contributed by atoms with van der Waals surface area (Å²) >= 11 is 0. The molecule has 0 fully saturated rings. The van der Waals surface area contributed by atoms with Crippen LogP contribution in [0, 0.1) is 0 Å². The van der Waals surface area contributed by atoms with E-state index in [1.807, 2.05) is 0 Å². The van der Waals surface area contributed by atoms with Gasteiger partial charge in [-0.15, -0.1) is 0 Å². The van der Waals surface area contributed by atoms with Gasteiger partial charge in [-0.2, -0.15) is 0 Å². The first kappa shape index (κ1) is 18.2. The fraction of sp³-hybridized carbons (Fsp3) is 0.167. The first-order valence-electron chi connectivity index (χ1n) is 7.80. The van der Waals surface area contributed by atoms with Crippen molar-refractivity contribution in [3.8, 4) is 0 Å². The lowest BCUT2D eigenvalue weighted by Crippen LogP contribution is -2.46. The number of benzene rings is 2. The van der Waals surface area contributed by atoms with E-state index in [0.717, 1.165) is 12.0 Å². The lowest BCUT2D eigenvalue weighted by Gasteiger charge is -2.26. The van der Waals surface area contributed by atoms with Crippen LogP contribution in [0.4, 0.5) is 0 Å². The molecule has 1 aliphatic rings. The lowest BCUT2D eigenvalue weighted by molar-refractivity contribution is -0.117. The number of fused-ring (bicyclic) bond motifs is 1. The molecular weight excluding hydrogens is 357 g/mol. The van der Waals surface area contributed by atoms with Gasteiger partial charge in [-0.25, -0.2) is 0 Å². The molecule has 1 aliphatic heterocycles. The quantitative estimate of drug-likeness (QED) is 0.616. The summed E-state index contributed by atoms with van der Waals surface area (Å²) in [5.74, 6) is -1.34. The van der Waals surface area contributed by atoms with Gasteiger partial charge in [-0.05, 0) is 17.7 Å². The minimum Gasteiger partial charge on any atom is -0.319 e. The number of carbonyl (C=O) groups is 3. The van der Waals surface area contributed by atoms with Crippen molar-refractivity contribution in [2.24, 2.45) is 0 Å². The molecule has 1 heterocycles. The van der Waals surface area contributed by atoms with Crippen LogP contribution in [0.1, 0.15) is 26.3 Å². The third-order valence-electron chi connectivity index (χ3n) is 4.22. The van der Waals surface area contributed by atoms with E-state index in [4.69, 9.17) is 0 Å². The summed E-state index contributed by atoms with van der Waals surface area (Å²) in [6.07, 6.45) is -0.0843.